The van der Waals surface area contributed by atoms with Crippen molar-refractivity contribution in [1.82, 2.24) is 0 Å². The molecule has 1 saturated heterocycles. The average Bonchev–Trinajstić information content (AvgIpc) is 1.77. The lowest BCUT2D eigenvalue weighted by Gasteiger charge is -2.39. The first-order valence-electron chi connectivity index (χ1n) is 4.49. The van der Waals surface area contributed by atoms with Crippen LogP contribution in [0.15, 0.2) is 0 Å². The highest BCUT2D eigenvalue weighted by Crippen LogP contribution is 2.35. The molecule has 1 heteroatoms. The van der Waals surface area contributed by atoms with Crippen LogP contribution in [-0.4, -0.2) is 13.2 Å². The van der Waals surface area contributed by atoms with Crippen LogP contribution in [0.2, 0.25) is 0 Å². The first kappa shape index (κ1) is 9.05. The lowest BCUT2D eigenvalue weighted by atomic mass is 9.78. The van der Waals surface area contributed by atoms with Crippen molar-refractivity contribution in [2.45, 2.75) is 40.5 Å². The Balaban J connectivity index is 2.21. The smallest absolute Gasteiger partial charge is 0.0542 e. The summed E-state index contributed by atoms with van der Waals surface area (Å²) >= 11 is 0. The van der Waals surface area contributed by atoms with Gasteiger partial charge in [0.15, 0.2) is 0 Å². The van der Waals surface area contributed by atoms with E-state index in [1.165, 1.54) is 12.8 Å². The van der Waals surface area contributed by atoms with E-state index < -0.39 is 0 Å². The Morgan fingerprint density at radius 3 is 2.09 bits per heavy atom. The molecule has 66 valence electrons. The summed E-state index contributed by atoms with van der Waals surface area (Å²) in [4.78, 5) is 0. The standard InChI is InChI=1S/C10H20O/c1-9(2,3)5-6-10(4)7-11-8-10/h5-8H2,1-4H3. The zero-order valence-corrected chi connectivity index (χ0v) is 8.24. The summed E-state index contributed by atoms with van der Waals surface area (Å²) in [5, 5.41) is 0. The minimum Gasteiger partial charge on any atom is -0.380 e. The Labute approximate surface area is 70.1 Å². The molecule has 0 aromatic carbocycles. The van der Waals surface area contributed by atoms with Crippen LogP contribution in [0.4, 0.5) is 0 Å². The second kappa shape index (κ2) is 2.78. The molecule has 0 radical (unpaired) electrons. The molecule has 1 aliphatic rings. The summed E-state index contributed by atoms with van der Waals surface area (Å²) < 4.78 is 5.20. The Bertz CT molecular complexity index is 128. The molecule has 11 heavy (non-hydrogen) atoms. The van der Waals surface area contributed by atoms with Crippen molar-refractivity contribution >= 4 is 0 Å². The second-order valence-electron chi connectivity index (χ2n) is 5.36. The summed E-state index contributed by atoms with van der Waals surface area (Å²) in [6.07, 6.45) is 2.63. The number of ether oxygens (including phenoxy) is 1. The van der Waals surface area contributed by atoms with Crippen molar-refractivity contribution in [1.29, 1.82) is 0 Å². The minimum absolute atomic E-state index is 0.485. The largest absolute Gasteiger partial charge is 0.380 e. The fourth-order valence-corrected chi connectivity index (χ4v) is 1.27. The molecule has 1 rings (SSSR count). The molecular weight excluding hydrogens is 136 g/mol. The molecule has 1 nitrogen and oxygen atoms in total. The topological polar surface area (TPSA) is 9.23 Å². The molecule has 1 heterocycles. The van der Waals surface area contributed by atoms with Crippen molar-refractivity contribution in [2.24, 2.45) is 10.8 Å². The van der Waals surface area contributed by atoms with E-state index in [0.717, 1.165) is 13.2 Å². The normalized spacial score (nSPS) is 22.9. The first-order valence-corrected chi connectivity index (χ1v) is 4.49. The molecule has 0 amide bonds. The molecule has 0 aromatic heterocycles. The highest BCUT2D eigenvalue weighted by molar-refractivity contribution is 4.82. The summed E-state index contributed by atoms with van der Waals surface area (Å²) in [5.74, 6) is 0. The minimum atomic E-state index is 0.485. The van der Waals surface area contributed by atoms with Gasteiger partial charge < -0.3 is 4.74 Å². The highest BCUT2D eigenvalue weighted by atomic mass is 16.5. The fourth-order valence-electron chi connectivity index (χ4n) is 1.27. The molecule has 1 aliphatic heterocycles. The van der Waals surface area contributed by atoms with E-state index in [9.17, 15) is 0 Å². The average molecular weight is 156 g/mol. The molecule has 0 atom stereocenters. The summed E-state index contributed by atoms with van der Waals surface area (Å²) in [5.41, 5.74) is 0.992. The zero-order valence-electron chi connectivity index (χ0n) is 8.24. The van der Waals surface area contributed by atoms with E-state index >= 15 is 0 Å². The first-order chi connectivity index (χ1) is 4.91. The molecule has 0 N–H and O–H groups in total. The van der Waals surface area contributed by atoms with Crippen molar-refractivity contribution in [3.63, 3.8) is 0 Å². The van der Waals surface area contributed by atoms with Gasteiger partial charge in [0.05, 0.1) is 13.2 Å². The predicted octanol–water partition coefficient (Wildman–Crippen LogP) is 2.85. The third kappa shape index (κ3) is 2.82. The SMILES string of the molecule is CC(C)(C)CCC1(C)COC1. The number of hydrogen-bond acceptors (Lipinski definition) is 1. The van der Waals surface area contributed by atoms with Crippen molar-refractivity contribution in [3.05, 3.63) is 0 Å². The van der Waals surface area contributed by atoms with Gasteiger partial charge in [-0.1, -0.05) is 27.7 Å². The van der Waals surface area contributed by atoms with E-state index in [2.05, 4.69) is 27.7 Å². The van der Waals surface area contributed by atoms with Crippen molar-refractivity contribution in [3.8, 4) is 0 Å². The molecule has 0 aromatic rings. The van der Waals surface area contributed by atoms with Crippen LogP contribution in [0, 0.1) is 10.8 Å². The summed E-state index contributed by atoms with van der Waals surface area (Å²) in [6.45, 7) is 11.2. The van der Waals surface area contributed by atoms with Gasteiger partial charge >= 0.3 is 0 Å². The maximum Gasteiger partial charge on any atom is 0.0542 e. The van der Waals surface area contributed by atoms with Crippen LogP contribution < -0.4 is 0 Å². The molecular formula is C10H20O. The number of hydrogen-bond donors (Lipinski definition) is 0. The lowest BCUT2D eigenvalue weighted by molar-refractivity contribution is -0.109. The van der Waals surface area contributed by atoms with Gasteiger partial charge in [0.1, 0.15) is 0 Å². The van der Waals surface area contributed by atoms with Gasteiger partial charge in [-0.3, -0.25) is 0 Å². The monoisotopic (exact) mass is 156 g/mol. The van der Waals surface area contributed by atoms with Crippen LogP contribution in [-0.2, 0) is 4.74 Å². The Kier molecular flexibility index (Phi) is 2.29. The highest BCUT2D eigenvalue weighted by Gasteiger charge is 2.33. The zero-order chi connectivity index (χ0) is 8.54. The maximum atomic E-state index is 5.20. The third-order valence-corrected chi connectivity index (χ3v) is 2.38. The second-order valence-corrected chi connectivity index (χ2v) is 5.36. The van der Waals surface area contributed by atoms with Gasteiger partial charge in [-0.15, -0.1) is 0 Å². The van der Waals surface area contributed by atoms with Crippen molar-refractivity contribution in [2.75, 3.05) is 13.2 Å². The van der Waals surface area contributed by atoms with E-state index in [1.807, 2.05) is 0 Å². The molecule has 0 unspecified atom stereocenters. The van der Waals surface area contributed by atoms with E-state index in [-0.39, 0.29) is 0 Å². The van der Waals surface area contributed by atoms with Crippen LogP contribution in [0.1, 0.15) is 40.5 Å². The van der Waals surface area contributed by atoms with E-state index in [0.29, 0.717) is 10.8 Å². The van der Waals surface area contributed by atoms with E-state index in [1.54, 1.807) is 0 Å². The molecule has 0 spiro atoms. The van der Waals surface area contributed by atoms with Crippen LogP contribution in [0.5, 0.6) is 0 Å². The molecule has 0 saturated carbocycles. The maximum absolute atomic E-state index is 5.20. The van der Waals surface area contributed by atoms with E-state index in [4.69, 9.17) is 4.74 Å². The lowest BCUT2D eigenvalue weighted by Crippen LogP contribution is -2.40. The van der Waals surface area contributed by atoms with Gasteiger partial charge in [0.2, 0.25) is 0 Å². The van der Waals surface area contributed by atoms with Gasteiger partial charge in [-0.25, -0.2) is 0 Å². The quantitative estimate of drug-likeness (QED) is 0.597. The predicted molar refractivity (Wildman–Crippen MR) is 47.6 cm³/mol. The fraction of sp³-hybridized carbons (Fsp3) is 1.00. The number of rotatable bonds is 2. The van der Waals surface area contributed by atoms with Gasteiger partial charge in [0.25, 0.3) is 0 Å². The molecule has 0 bridgehead atoms. The third-order valence-electron chi connectivity index (χ3n) is 2.38. The summed E-state index contributed by atoms with van der Waals surface area (Å²) in [6, 6.07) is 0. The van der Waals surface area contributed by atoms with Gasteiger partial charge in [-0.2, -0.15) is 0 Å². The Morgan fingerprint density at radius 1 is 1.27 bits per heavy atom. The van der Waals surface area contributed by atoms with Gasteiger partial charge in [0, 0.05) is 5.41 Å². The molecule has 0 aliphatic carbocycles. The molecule has 1 fully saturated rings. The van der Waals surface area contributed by atoms with Crippen molar-refractivity contribution < 1.29 is 4.74 Å². The Hall–Kier alpha value is -0.0400. The van der Waals surface area contributed by atoms with Crippen LogP contribution >= 0.6 is 0 Å². The van der Waals surface area contributed by atoms with Crippen LogP contribution in [0.3, 0.4) is 0 Å². The van der Waals surface area contributed by atoms with Gasteiger partial charge in [-0.05, 0) is 18.3 Å². The Morgan fingerprint density at radius 2 is 1.82 bits per heavy atom. The van der Waals surface area contributed by atoms with Crippen LogP contribution in [0.25, 0.3) is 0 Å². The summed E-state index contributed by atoms with van der Waals surface area (Å²) in [7, 11) is 0.